The van der Waals surface area contributed by atoms with Crippen molar-refractivity contribution >= 4 is 0 Å². The van der Waals surface area contributed by atoms with Gasteiger partial charge in [-0.05, 0) is 35.9 Å². The molecule has 96 valence electrons. The van der Waals surface area contributed by atoms with E-state index in [0.29, 0.717) is 11.1 Å². The Morgan fingerprint density at radius 1 is 1.05 bits per heavy atom. The second-order valence-electron chi connectivity index (χ2n) is 4.35. The Bertz CT molecular complexity index is 785. The van der Waals surface area contributed by atoms with Crippen molar-refractivity contribution in [2.24, 2.45) is 0 Å². The van der Waals surface area contributed by atoms with Gasteiger partial charge in [0.15, 0.2) is 0 Å². The fourth-order valence-corrected chi connectivity index (χ4v) is 2.01. The summed E-state index contributed by atoms with van der Waals surface area (Å²) < 4.78 is 15.2. The monoisotopic (exact) mass is 263 g/mol. The van der Waals surface area contributed by atoms with E-state index in [-0.39, 0.29) is 0 Å². The first-order valence-electron chi connectivity index (χ1n) is 6.07. The van der Waals surface area contributed by atoms with Crippen LogP contribution in [0.15, 0.2) is 60.9 Å². The van der Waals surface area contributed by atoms with Crippen molar-refractivity contribution in [1.29, 1.82) is 5.26 Å². The van der Waals surface area contributed by atoms with E-state index >= 15 is 0 Å². The van der Waals surface area contributed by atoms with E-state index in [9.17, 15) is 4.39 Å². The normalized spacial score (nSPS) is 10.2. The largest absolute Gasteiger partial charge is 0.240 e. The van der Waals surface area contributed by atoms with E-state index in [1.165, 1.54) is 12.1 Å². The van der Waals surface area contributed by atoms with Crippen molar-refractivity contribution in [3.05, 3.63) is 72.3 Å². The lowest BCUT2D eigenvalue weighted by molar-refractivity contribution is 0.628. The van der Waals surface area contributed by atoms with Gasteiger partial charge < -0.3 is 0 Å². The molecule has 0 atom stereocenters. The van der Waals surface area contributed by atoms with Crippen LogP contribution in [0.25, 0.3) is 16.8 Å². The summed E-state index contributed by atoms with van der Waals surface area (Å²) in [6.07, 6.45) is 3.47. The van der Waals surface area contributed by atoms with Crippen LogP contribution in [0.4, 0.5) is 4.39 Å². The zero-order chi connectivity index (χ0) is 13.9. The van der Waals surface area contributed by atoms with Crippen LogP contribution in [0.2, 0.25) is 0 Å². The third-order valence-corrected chi connectivity index (χ3v) is 2.96. The molecule has 0 N–H and O–H groups in total. The first-order chi connectivity index (χ1) is 9.76. The van der Waals surface area contributed by atoms with Crippen molar-refractivity contribution in [3.63, 3.8) is 0 Å². The summed E-state index contributed by atoms with van der Waals surface area (Å²) in [6, 6.07) is 15.9. The minimum atomic E-state index is -0.425. The van der Waals surface area contributed by atoms with Gasteiger partial charge in [0.2, 0.25) is 0 Å². The molecule has 0 aliphatic heterocycles. The van der Waals surface area contributed by atoms with Crippen LogP contribution in [0.1, 0.15) is 5.56 Å². The number of halogens is 1. The van der Waals surface area contributed by atoms with Crippen molar-refractivity contribution in [3.8, 4) is 22.9 Å². The average Bonchev–Trinajstić information content (AvgIpc) is 2.97. The van der Waals surface area contributed by atoms with Crippen LogP contribution in [0, 0.1) is 17.1 Å². The highest BCUT2D eigenvalue weighted by atomic mass is 19.1. The molecule has 2 aromatic carbocycles. The summed E-state index contributed by atoms with van der Waals surface area (Å²) in [5.74, 6) is -0.425. The molecule has 4 heteroatoms. The number of para-hydroxylation sites is 1. The maximum Gasteiger partial charge on any atom is 0.125 e. The third kappa shape index (κ3) is 2.29. The molecule has 0 aliphatic carbocycles. The Morgan fingerprint density at radius 3 is 2.60 bits per heavy atom. The zero-order valence-corrected chi connectivity index (χ0v) is 10.5. The summed E-state index contributed by atoms with van der Waals surface area (Å²) in [7, 11) is 0. The summed E-state index contributed by atoms with van der Waals surface area (Å²) in [4.78, 5) is 0. The summed E-state index contributed by atoms with van der Waals surface area (Å²) in [5, 5.41) is 13.1. The van der Waals surface area contributed by atoms with E-state index < -0.39 is 5.82 Å². The molecule has 20 heavy (non-hydrogen) atoms. The molecule has 3 nitrogen and oxygen atoms in total. The molecule has 3 rings (SSSR count). The molecule has 3 aromatic rings. The molecule has 1 heterocycles. The topological polar surface area (TPSA) is 41.6 Å². The number of nitrogens with zero attached hydrogens (tertiary/aromatic N) is 3. The molecule has 0 spiro atoms. The summed E-state index contributed by atoms with van der Waals surface area (Å²) in [5.41, 5.74) is 2.64. The van der Waals surface area contributed by atoms with Gasteiger partial charge >= 0.3 is 0 Å². The molecule has 0 saturated heterocycles. The van der Waals surface area contributed by atoms with Gasteiger partial charge in [0.25, 0.3) is 0 Å². The highest BCUT2D eigenvalue weighted by Crippen LogP contribution is 2.22. The maximum atomic E-state index is 13.5. The molecule has 1 aromatic heterocycles. The summed E-state index contributed by atoms with van der Waals surface area (Å²) >= 11 is 0. The number of hydrogen-bond acceptors (Lipinski definition) is 2. The van der Waals surface area contributed by atoms with Crippen molar-refractivity contribution in [1.82, 2.24) is 9.78 Å². The fraction of sp³-hybridized carbons (Fsp3) is 0. The minimum absolute atomic E-state index is 0.299. The number of aromatic nitrogens is 2. The standard InChI is InChI=1S/C16H10FN3/c17-15-7-12(9-18)6-13(8-15)14-10-19-20(11-14)16-4-2-1-3-5-16/h1-8,10-11H. The first kappa shape index (κ1) is 12.1. The third-order valence-electron chi connectivity index (χ3n) is 2.96. The predicted octanol–water partition coefficient (Wildman–Crippen LogP) is 3.55. The Labute approximate surface area is 115 Å². The number of rotatable bonds is 2. The Balaban J connectivity index is 2.03. The van der Waals surface area contributed by atoms with Gasteiger partial charge in [0.1, 0.15) is 5.82 Å². The van der Waals surface area contributed by atoms with Crippen LogP contribution in [0.5, 0.6) is 0 Å². The first-order valence-corrected chi connectivity index (χ1v) is 6.07. The SMILES string of the molecule is N#Cc1cc(F)cc(-c2cnn(-c3ccccc3)c2)c1. The lowest BCUT2D eigenvalue weighted by Gasteiger charge is -2.00. The number of hydrogen-bond donors (Lipinski definition) is 0. The molecular formula is C16H10FN3. The Morgan fingerprint density at radius 2 is 1.85 bits per heavy atom. The zero-order valence-electron chi connectivity index (χ0n) is 10.5. The van der Waals surface area contributed by atoms with E-state index in [1.807, 2.05) is 42.6 Å². The highest BCUT2D eigenvalue weighted by Gasteiger charge is 2.06. The molecule has 0 unspecified atom stereocenters. The van der Waals surface area contributed by atoms with Crippen molar-refractivity contribution in [2.45, 2.75) is 0 Å². The van der Waals surface area contributed by atoms with Gasteiger partial charge in [-0.3, -0.25) is 0 Å². The van der Waals surface area contributed by atoms with Crippen LogP contribution in [-0.2, 0) is 0 Å². The lowest BCUT2D eigenvalue weighted by Crippen LogP contribution is -1.92. The second-order valence-corrected chi connectivity index (χ2v) is 4.35. The molecule has 0 saturated carbocycles. The predicted molar refractivity (Wildman–Crippen MR) is 73.7 cm³/mol. The lowest BCUT2D eigenvalue weighted by atomic mass is 10.1. The van der Waals surface area contributed by atoms with Crippen LogP contribution in [0.3, 0.4) is 0 Å². The second kappa shape index (κ2) is 4.98. The van der Waals surface area contributed by atoms with Gasteiger partial charge in [-0.1, -0.05) is 18.2 Å². The molecule has 0 fully saturated rings. The smallest absolute Gasteiger partial charge is 0.125 e. The molecule has 0 amide bonds. The van der Waals surface area contributed by atoms with Crippen LogP contribution in [-0.4, -0.2) is 9.78 Å². The van der Waals surface area contributed by atoms with E-state index in [2.05, 4.69) is 5.10 Å². The molecule has 0 bridgehead atoms. The number of nitriles is 1. The average molecular weight is 263 g/mol. The Kier molecular flexibility index (Phi) is 3.02. The fourth-order valence-electron chi connectivity index (χ4n) is 2.01. The van der Waals surface area contributed by atoms with Gasteiger partial charge in [-0.2, -0.15) is 10.4 Å². The molecule has 0 aliphatic rings. The van der Waals surface area contributed by atoms with E-state index in [1.54, 1.807) is 16.9 Å². The van der Waals surface area contributed by atoms with Crippen molar-refractivity contribution in [2.75, 3.05) is 0 Å². The number of benzene rings is 2. The molecular weight excluding hydrogens is 253 g/mol. The van der Waals surface area contributed by atoms with Gasteiger partial charge in [0.05, 0.1) is 23.5 Å². The summed E-state index contributed by atoms with van der Waals surface area (Å²) in [6.45, 7) is 0. The minimum Gasteiger partial charge on any atom is -0.240 e. The van der Waals surface area contributed by atoms with Crippen LogP contribution < -0.4 is 0 Å². The Hall–Kier alpha value is -2.93. The van der Waals surface area contributed by atoms with Crippen molar-refractivity contribution < 1.29 is 4.39 Å². The van der Waals surface area contributed by atoms with Gasteiger partial charge in [-0.15, -0.1) is 0 Å². The quantitative estimate of drug-likeness (QED) is 0.709. The van der Waals surface area contributed by atoms with Crippen LogP contribution >= 0.6 is 0 Å². The van der Waals surface area contributed by atoms with Gasteiger partial charge in [0, 0.05) is 11.8 Å². The van der Waals surface area contributed by atoms with E-state index in [4.69, 9.17) is 5.26 Å². The molecule has 0 radical (unpaired) electrons. The van der Waals surface area contributed by atoms with Gasteiger partial charge in [-0.25, -0.2) is 9.07 Å². The maximum absolute atomic E-state index is 13.5. The highest BCUT2D eigenvalue weighted by molar-refractivity contribution is 5.64. The van der Waals surface area contributed by atoms with E-state index in [0.717, 1.165) is 11.3 Å².